The van der Waals surface area contributed by atoms with E-state index in [1.807, 2.05) is 0 Å². The van der Waals surface area contributed by atoms with Gasteiger partial charge in [0.2, 0.25) is 16.3 Å². The summed E-state index contributed by atoms with van der Waals surface area (Å²) in [5.41, 5.74) is 0. The molecule has 0 fully saturated rings. The van der Waals surface area contributed by atoms with Gasteiger partial charge in [-0.15, -0.1) is 0 Å². The van der Waals surface area contributed by atoms with Crippen LogP contribution in [-0.2, 0) is 0 Å². The highest BCUT2D eigenvalue weighted by Gasteiger charge is 2.04. The van der Waals surface area contributed by atoms with Gasteiger partial charge < -0.3 is 0 Å². The lowest BCUT2D eigenvalue weighted by molar-refractivity contribution is 0.654. The van der Waals surface area contributed by atoms with Gasteiger partial charge in [-0.1, -0.05) is 31.5 Å². The second kappa shape index (κ2) is 2.00. The van der Waals surface area contributed by atoms with E-state index in [0.717, 1.165) is 0 Å². The Morgan fingerprint density at radius 2 is 1.67 bits per heavy atom. The van der Waals surface area contributed by atoms with E-state index in [0.29, 0.717) is 4.28 Å². The first-order valence-corrected chi connectivity index (χ1v) is 3.56. The Morgan fingerprint density at radius 3 is 1.67 bits per heavy atom. The maximum Gasteiger partial charge on any atom is 0.220 e. The summed E-state index contributed by atoms with van der Waals surface area (Å²) in [6.45, 7) is 6.85. The van der Waals surface area contributed by atoms with Crippen LogP contribution in [-0.4, -0.2) is 16.3 Å². The van der Waals surface area contributed by atoms with E-state index in [4.69, 9.17) is 0 Å². The standard InChI is InChI=1S/C5H11.Al.2H/c1-4-5(2)3;;;/h4H2,1-3H3;;;. The molecule has 0 rings (SSSR count). The normalized spacial score (nSPS) is 11.8. The van der Waals surface area contributed by atoms with Crippen molar-refractivity contribution < 1.29 is 0 Å². The molecule has 0 nitrogen and oxygen atoms in total. The van der Waals surface area contributed by atoms with Gasteiger partial charge in [-0.2, -0.15) is 0 Å². The van der Waals surface area contributed by atoms with Gasteiger partial charge in [-0.3, -0.25) is 0 Å². The summed E-state index contributed by atoms with van der Waals surface area (Å²) in [4.78, 5) is 0. The van der Waals surface area contributed by atoms with E-state index in [2.05, 4.69) is 20.8 Å². The molecule has 1 heteroatoms. The smallest absolute Gasteiger partial charge is 0.0853 e. The molecule has 0 N–H and O–H groups in total. The molecule has 6 heavy (non-hydrogen) atoms. The predicted molar refractivity (Wildman–Crippen MR) is 32.9 cm³/mol. The molecule has 0 atom stereocenters. The average Bonchev–Trinajstić information content (AvgIpc) is 1.35. The maximum absolute atomic E-state index is 2.30. The molecule has 0 aliphatic rings. The Hall–Kier alpha value is 0.532. The fraction of sp³-hybridized carbons (Fsp3) is 1.00. The van der Waals surface area contributed by atoms with Crippen LogP contribution in [0.5, 0.6) is 0 Å². The monoisotopic (exact) mass is 100 g/mol. The van der Waals surface area contributed by atoms with E-state index >= 15 is 0 Å². The third kappa shape index (κ3) is 4.53. The topological polar surface area (TPSA) is 0 Å². The molecular formula is C5H13Al. The van der Waals surface area contributed by atoms with Crippen molar-refractivity contribution in [3.63, 3.8) is 0 Å². The zero-order valence-corrected chi connectivity index (χ0v) is 7.21. The Morgan fingerprint density at radius 1 is 1.50 bits per heavy atom. The summed E-state index contributed by atoms with van der Waals surface area (Å²) in [7, 11) is 0. The van der Waals surface area contributed by atoms with Crippen molar-refractivity contribution in [1.29, 1.82) is 0 Å². The Balaban J connectivity index is 3.17. The minimum atomic E-state index is 0.681. The van der Waals surface area contributed by atoms with Crippen molar-refractivity contribution in [2.24, 2.45) is 0 Å². The van der Waals surface area contributed by atoms with Gasteiger partial charge in [-0.05, 0) is 0 Å². The van der Waals surface area contributed by atoms with E-state index in [1.54, 1.807) is 0 Å². The molecule has 0 radical (unpaired) electrons. The van der Waals surface area contributed by atoms with E-state index in [9.17, 15) is 0 Å². The maximum atomic E-state index is 2.30. The van der Waals surface area contributed by atoms with Crippen LogP contribution in [0, 0.1) is 0 Å². The summed E-state index contributed by atoms with van der Waals surface area (Å²) in [5, 5.41) is 0. The lowest BCUT2D eigenvalue weighted by Crippen LogP contribution is -1.97. The number of hydrogen-bond donors (Lipinski definition) is 0. The summed E-state index contributed by atoms with van der Waals surface area (Å²) < 4.78 is 0.681. The van der Waals surface area contributed by atoms with Crippen LogP contribution in [0.15, 0.2) is 0 Å². The second-order valence-corrected chi connectivity index (χ2v) is 5.62. The van der Waals surface area contributed by atoms with Gasteiger partial charge in [0.1, 0.15) is 0 Å². The van der Waals surface area contributed by atoms with Crippen molar-refractivity contribution in [3.8, 4) is 0 Å². The SMILES string of the molecule is CC[C](C)(C)[AlH2]. The Bertz CT molecular complexity index is 33.7. The van der Waals surface area contributed by atoms with E-state index in [1.165, 1.54) is 22.7 Å². The van der Waals surface area contributed by atoms with Crippen LogP contribution in [0.3, 0.4) is 0 Å². The van der Waals surface area contributed by atoms with Crippen molar-refractivity contribution in [2.75, 3.05) is 0 Å². The summed E-state index contributed by atoms with van der Waals surface area (Å²) in [6.07, 6.45) is 1.33. The van der Waals surface area contributed by atoms with E-state index < -0.39 is 0 Å². The van der Waals surface area contributed by atoms with Crippen LogP contribution in [0.4, 0.5) is 0 Å². The van der Waals surface area contributed by atoms with Crippen LogP contribution in [0.2, 0.25) is 4.28 Å². The Kier molecular flexibility index (Phi) is 2.18. The molecular weight excluding hydrogens is 87.0 g/mol. The van der Waals surface area contributed by atoms with Crippen LogP contribution >= 0.6 is 0 Å². The Labute approximate surface area is 48.4 Å². The molecule has 0 bridgehead atoms. The van der Waals surface area contributed by atoms with Crippen LogP contribution < -0.4 is 0 Å². The first-order chi connectivity index (χ1) is 2.56. The zero-order chi connectivity index (χ0) is 5.21. The third-order valence-corrected chi connectivity index (χ3v) is 1.77. The summed E-state index contributed by atoms with van der Waals surface area (Å²) in [5.74, 6) is 0. The third-order valence-electron chi connectivity index (χ3n) is 1.06. The summed E-state index contributed by atoms with van der Waals surface area (Å²) >= 11 is 1.33. The van der Waals surface area contributed by atoms with Gasteiger partial charge in [0.25, 0.3) is 0 Å². The number of hydrogen-bond acceptors (Lipinski definition) is 0. The highest BCUT2D eigenvalue weighted by Crippen LogP contribution is 2.21. The highest BCUT2D eigenvalue weighted by atomic mass is 27.0. The minimum Gasteiger partial charge on any atom is -0.0853 e. The number of rotatable bonds is 1. The van der Waals surface area contributed by atoms with Gasteiger partial charge in [0, 0.05) is 0 Å². The molecule has 0 saturated carbocycles. The fourth-order valence-electron chi connectivity index (χ4n) is 0. The van der Waals surface area contributed by atoms with E-state index in [-0.39, 0.29) is 0 Å². The van der Waals surface area contributed by atoms with Gasteiger partial charge in [-0.25, -0.2) is 0 Å². The fourth-order valence-corrected chi connectivity index (χ4v) is 0. The van der Waals surface area contributed by atoms with Gasteiger partial charge in [0.15, 0.2) is 0 Å². The molecule has 0 amide bonds. The zero-order valence-electron chi connectivity index (χ0n) is 5.21. The largest absolute Gasteiger partial charge is 0.220 e. The molecule has 0 aliphatic carbocycles. The van der Waals surface area contributed by atoms with Crippen molar-refractivity contribution in [2.45, 2.75) is 31.5 Å². The van der Waals surface area contributed by atoms with Crippen LogP contribution in [0.25, 0.3) is 0 Å². The first-order valence-electron chi connectivity index (χ1n) is 2.56. The minimum absolute atomic E-state index is 0.681. The molecule has 0 aliphatic heterocycles. The van der Waals surface area contributed by atoms with Gasteiger partial charge >= 0.3 is 0 Å². The summed E-state index contributed by atoms with van der Waals surface area (Å²) in [6, 6.07) is 0. The quantitative estimate of drug-likeness (QED) is 0.435. The van der Waals surface area contributed by atoms with Crippen molar-refractivity contribution in [3.05, 3.63) is 0 Å². The van der Waals surface area contributed by atoms with Gasteiger partial charge in [0.05, 0.1) is 0 Å². The lowest BCUT2D eigenvalue weighted by atomic mass is 10.1. The lowest BCUT2D eigenvalue weighted by Gasteiger charge is -2.12. The second-order valence-electron chi connectivity index (χ2n) is 2.91. The molecule has 0 aromatic heterocycles. The molecule has 0 saturated heterocycles. The predicted octanol–water partition coefficient (Wildman–Crippen LogP) is 1.23. The molecule has 0 heterocycles. The molecule has 0 aromatic rings. The van der Waals surface area contributed by atoms with Crippen molar-refractivity contribution >= 4 is 16.3 Å². The molecule has 0 spiro atoms. The van der Waals surface area contributed by atoms with Crippen molar-refractivity contribution in [1.82, 2.24) is 0 Å². The molecule has 0 aromatic carbocycles. The highest BCUT2D eigenvalue weighted by molar-refractivity contribution is 6.14. The van der Waals surface area contributed by atoms with Crippen LogP contribution in [0.1, 0.15) is 27.2 Å². The first kappa shape index (κ1) is 6.53. The average molecular weight is 100 g/mol. The molecule has 36 valence electrons. The molecule has 0 unspecified atom stereocenters.